The van der Waals surface area contributed by atoms with Crippen LogP contribution in [0.25, 0.3) is 0 Å². The third-order valence-corrected chi connectivity index (χ3v) is 6.97. The maximum atomic E-state index is 9.18. The van der Waals surface area contributed by atoms with Gasteiger partial charge in [0.05, 0.1) is 37.6 Å². The van der Waals surface area contributed by atoms with Gasteiger partial charge in [-0.3, -0.25) is 0 Å². The van der Waals surface area contributed by atoms with Crippen molar-refractivity contribution in [3.8, 4) is 12.1 Å². The molecule has 0 aromatic carbocycles. The summed E-state index contributed by atoms with van der Waals surface area (Å²) in [6.45, 7) is 6.29. The average Bonchev–Trinajstić information content (AvgIpc) is 2.95. The van der Waals surface area contributed by atoms with Crippen LogP contribution in [0.3, 0.4) is 0 Å². The number of aryl methyl sites for hydroxylation is 2. The zero-order valence-corrected chi connectivity index (χ0v) is 24.7. The summed E-state index contributed by atoms with van der Waals surface area (Å²) < 4.78 is 0. The summed E-state index contributed by atoms with van der Waals surface area (Å²) in [5, 5.41) is 65.6. The number of nitrogens with zero attached hydrogens (tertiary/aromatic N) is 4. The molecule has 2 aromatic rings. The molecule has 12 nitrogen and oxygen atoms in total. The Morgan fingerprint density at radius 3 is 1.45 bits per heavy atom. The minimum Gasteiger partial charge on any atom is -0.396 e. The molecule has 40 heavy (non-hydrogen) atoms. The Balaban J connectivity index is 0.000000400. The lowest BCUT2D eigenvalue weighted by Crippen LogP contribution is -2.12. The molecule has 14 heteroatoms. The Morgan fingerprint density at radius 2 is 1.02 bits per heavy atom. The van der Waals surface area contributed by atoms with Gasteiger partial charge < -0.3 is 41.7 Å². The van der Waals surface area contributed by atoms with Gasteiger partial charge in [0, 0.05) is 49.2 Å². The predicted octanol–water partition coefficient (Wildman–Crippen LogP) is 1.61. The number of aliphatic hydroxyl groups is 4. The fourth-order valence-corrected chi connectivity index (χ4v) is 4.41. The normalized spacial score (nSPS) is 10.1. The summed E-state index contributed by atoms with van der Waals surface area (Å²) in [4.78, 5) is 8.69. The lowest BCUT2D eigenvalue weighted by molar-refractivity contribution is 0.310. The van der Waals surface area contributed by atoms with Crippen LogP contribution in [0.2, 0.25) is 0 Å². The first kappa shape index (κ1) is 35.0. The van der Waals surface area contributed by atoms with E-state index in [4.69, 9.17) is 25.7 Å². The molecule has 0 atom stereocenters. The molecule has 220 valence electrons. The molecular formula is C26H40N8O4S2. The molecule has 8 N–H and O–H groups in total. The number of aliphatic hydroxyl groups excluding tert-OH is 4. The fourth-order valence-electron chi connectivity index (χ4n) is 3.25. The van der Waals surface area contributed by atoms with Crippen molar-refractivity contribution in [2.24, 2.45) is 0 Å². The fraction of sp³-hybridized carbons (Fsp3) is 0.538. The standard InChI is InChI=1S/2C13H20N4O2S/c1-10-8-12(15-3-6-20-7-5-19)17-13(11(10)9-14)16-2-4-18;1-10-8-12(15-2-4-18)17-13(11(10)9-14)16-3-6-20-7-5-19/h2*8,18-19H,2-7H2,1H3,(H2,15,16,17). The van der Waals surface area contributed by atoms with E-state index in [1.54, 1.807) is 29.6 Å². The number of hydrogen-bond acceptors (Lipinski definition) is 14. The van der Waals surface area contributed by atoms with Gasteiger partial charge >= 0.3 is 0 Å². The first-order valence-corrected chi connectivity index (χ1v) is 15.1. The van der Waals surface area contributed by atoms with Crippen LogP contribution in [-0.2, 0) is 0 Å². The zero-order chi connectivity index (χ0) is 29.6. The molecule has 2 heterocycles. The SMILES string of the molecule is Cc1cc(NCCO)nc(NCCSCCO)c1C#N.Cc1cc(NCCSCCO)nc(NCCO)c1C#N. The molecule has 0 radical (unpaired) electrons. The second-order valence-corrected chi connectivity index (χ2v) is 10.6. The van der Waals surface area contributed by atoms with Gasteiger partial charge in [-0.25, -0.2) is 9.97 Å². The third-order valence-electron chi connectivity index (χ3n) is 5.04. The van der Waals surface area contributed by atoms with Gasteiger partial charge in [-0.05, 0) is 37.1 Å². The molecule has 0 aliphatic heterocycles. The van der Waals surface area contributed by atoms with Crippen molar-refractivity contribution < 1.29 is 20.4 Å². The number of anilines is 4. The highest BCUT2D eigenvalue weighted by Crippen LogP contribution is 2.21. The number of thioether (sulfide) groups is 2. The van der Waals surface area contributed by atoms with E-state index >= 15 is 0 Å². The summed E-state index contributed by atoms with van der Waals surface area (Å²) in [6.07, 6.45) is 0. The van der Waals surface area contributed by atoms with Crippen molar-refractivity contribution in [3.05, 3.63) is 34.4 Å². The number of rotatable bonds is 18. The van der Waals surface area contributed by atoms with Crippen molar-refractivity contribution in [1.29, 1.82) is 10.5 Å². The van der Waals surface area contributed by atoms with Gasteiger partial charge in [-0.15, -0.1) is 0 Å². The van der Waals surface area contributed by atoms with Crippen molar-refractivity contribution in [2.75, 3.05) is 96.9 Å². The highest BCUT2D eigenvalue weighted by Gasteiger charge is 2.10. The van der Waals surface area contributed by atoms with Crippen LogP contribution in [-0.4, -0.2) is 106 Å². The minimum atomic E-state index is -0.0128. The topological polar surface area (TPSA) is 202 Å². The Bertz CT molecular complexity index is 1100. The Morgan fingerprint density at radius 1 is 0.625 bits per heavy atom. The minimum absolute atomic E-state index is 0.0128. The average molecular weight is 593 g/mol. The molecule has 0 unspecified atom stereocenters. The molecule has 0 aliphatic carbocycles. The van der Waals surface area contributed by atoms with E-state index < -0.39 is 0 Å². The summed E-state index contributed by atoms with van der Waals surface area (Å²) >= 11 is 3.30. The van der Waals surface area contributed by atoms with Crippen molar-refractivity contribution in [3.63, 3.8) is 0 Å². The first-order chi connectivity index (χ1) is 19.4. The summed E-state index contributed by atoms with van der Waals surface area (Å²) in [5.74, 6) is 5.53. The van der Waals surface area contributed by atoms with Crippen molar-refractivity contribution in [2.45, 2.75) is 13.8 Å². The van der Waals surface area contributed by atoms with Crippen LogP contribution < -0.4 is 21.3 Å². The van der Waals surface area contributed by atoms with Gasteiger partial charge in [0.2, 0.25) is 0 Å². The van der Waals surface area contributed by atoms with Gasteiger partial charge in [-0.2, -0.15) is 34.0 Å². The third kappa shape index (κ3) is 13.4. The number of pyridine rings is 2. The van der Waals surface area contributed by atoms with E-state index in [-0.39, 0.29) is 26.4 Å². The molecule has 2 aromatic heterocycles. The lowest BCUT2D eigenvalue weighted by atomic mass is 10.1. The van der Waals surface area contributed by atoms with Crippen LogP contribution >= 0.6 is 23.5 Å². The maximum Gasteiger partial charge on any atom is 0.146 e. The molecule has 2 rings (SSSR count). The highest BCUT2D eigenvalue weighted by molar-refractivity contribution is 7.99. The van der Waals surface area contributed by atoms with Gasteiger partial charge in [0.15, 0.2) is 0 Å². The van der Waals surface area contributed by atoms with Crippen molar-refractivity contribution in [1.82, 2.24) is 9.97 Å². The van der Waals surface area contributed by atoms with Crippen LogP contribution in [0.4, 0.5) is 23.3 Å². The van der Waals surface area contributed by atoms with Crippen LogP contribution in [0.5, 0.6) is 0 Å². The second-order valence-electron chi connectivity index (χ2n) is 8.15. The van der Waals surface area contributed by atoms with Gasteiger partial charge in [0.25, 0.3) is 0 Å². The van der Waals surface area contributed by atoms with E-state index in [0.29, 0.717) is 59.8 Å². The largest absolute Gasteiger partial charge is 0.396 e. The Hall–Kier alpha value is -2.98. The zero-order valence-electron chi connectivity index (χ0n) is 23.0. The number of nitriles is 2. The van der Waals surface area contributed by atoms with E-state index in [1.165, 1.54) is 0 Å². The molecule has 0 saturated carbocycles. The monoisotopic (exact) mass is 592 g/mol. The Kier molecular flexibility index (Phi) is 19.1. The molecule has 0 aliphatic rings. The predicted molar refractivity (Wildman–Crippen MR) is 164 cm³/mol. The van der Waals surface area contributed by atoms with Crippen LogP contribution in [0.15, 0.2) is 12.1 Å². The molecule has 0 amide bonds. The lowest BCUT2D eigenvalue weighted by Gasteiger charge is -2.12. The summed E-state index contributed by atoms with van der Waals surface area (Å²) in [7, 11) is 0. The van der Waals surface area contributed by atoms with Crippen LogP contribution in [0, 0.1) is 36.5 Å². The quantitative estimate of drug-likeness (QED) is 0.116. The molecule has 0 saturated heterocycles. The van der Waals surface area contributed by atoms with Gasteiger partial charge in [-0.1, -0.05) is 0 Å². The Labute approximate surface area is 244 Å². The number of nitrogens with one attached hydrogen (secondary N) is 4. The highest BCUT2D eigenvalue weighted by atomic mass is 32.2. The first-order valence-electron chi connectivity index (χ1n) is 12.8. The maximum absolute atomic E-state index is 9.18. The van der Waals surface area contributed by atoms with E-state index in [2.05, 4.69) is 43.4 Å². The molecule has 0 fully saturated rings. The molecular weight excluding hydrogens is 552 g/mol. The van der Waals surface area contributed by atoms with E-state index in [1.807, 2.05) is 19.9 Å². The van der Waals surface area contributed by atoms with E-state index in [0.717, 1.165) is 34.9 Å². The van der Waals surface area contributed by atoms with Gasteiger partial charge in [0.1, 0.15) is 35.4 Å². The van der Waals surface area contributed by atoms with E-state index in [9.17, 15) is 5.26 Å². The number of hydrogen-bond donors (Lipinski definition) is 8. The smallest absolute Gasteiger partial charge is 0.146 e. The summed E-state index contributed by atoms with van der Waals surface area (Å²) in [6, 6.07) is 7.89. The van der Waals surface area contributed by atoms with Crippen molar-refractivity contribution >= 4 is 46.8 Å². The van der Waals surface area contributed by atoms with Crippen LogP contribution in [0.1, 0.15) is 22.3 Å². The number of aromatic nitrogens is 2. The second kappa shape index (κ2) is 21.8. The molecule has 0 bridgehead atoms. The molecule has 0 spiro atoms. The summed E-state index contributed by atoms with van der Waals surface area (Å²) in [5.41, 5.74) is 2.72.